The van der Waals surface area contributed by atoms with Crippen molar-refractivity contribution in [3.05, 3.63) is 63.6 Å². The number of amides is 2. The van der Waals surface area contributed by atoms with Crippen LogP contribution < -0.4 is 9.62 Å². The fourth-order valence-electron chi connectivity index (χ4n) is 8.25. The van der Waals surface area contributed by atoms with Crippen molar-refractivity contribution in [1.82, 2.24) is 10.2 Å². The minimum absolute atomic E-state index is 0.0342. The summed E-state index contributed by atoms with van der Waals surface area (Å²) in [5.74, 6) is 1.81. The number of hydrogen-bond acceptors (Lipinski definition) is 4. The van der Waals surface area contributed by atoms with Crippen molar-refractivity contribution in [2.24, 2.45) is 23.7 Å². The largest absolute Gasteiger partial charge is 0.354 e. The standard InChI is InChI=1S/C34H45Cl2N3O4S/c1-5-31(33(41)37-19-22(2)3)38(20-28-29(35)7-6-8-30(28)36)32(40)21-39(44(4,42)43)27-11-9-26(10-12-27)34-16-23-13-24(17-34)15-25(14-23)18-34/h6-12,22-25,31H,5,13-21H2,1-4H3,(H,37,41)/t23?,24?,25?,31-,34?/m0/s1. The van der Waals surface area contributed by atoms with Gasteiger partial charge in [0.2, 0.25) is 21.8 Å². The minimum atomic E-state index is -3.83. The third-order valence-corrected chi connectivity index (χ3v) is 11.8. The smallest absolute Gasteiger partial charge is 0.244 e. The highest BCUT2D eigenvalue weighted by Crippen LogP contribution is 2.60. The average Bonchev–Trinajstić information content (AvgIpc) is 2.95. The fraction of sp³-hybridized carbons (Fsp3) is 0.588. The van der Waals surface area contributed by atoms with Crippen LogP contribution in [-0.2, 0) is 31.6 Å². The molecular weight excluding hydrogens is 617 g/mol. The number of rotatable bonds is 12. The van der Waals surface area contributed by atoms with Crippen molar-refractivity contribution in [1.29, 1.82) is 0 Å². The monoisotopic (exact) mass is 661 g/mol. The number of carbonyl (C=O) groups excluding carboxylic acids is 2. The molecule has 2 amide bonds. The Balaban J connectivity index is 1.42. The third kappa shape index (κ3) is 7.07. The Morgan fingerprint density at radius 3 is 1.98 bits per heavy atom. The van der Waals surface area contributed by atoms with E-state index in [0.29, 0.717) is 34.3 Å². The number of carbonyl (C=O) groups is 2. The van der Waals surface area contributed by atoms with Crippen LogP contribution >= 0.6 is 23.2 Å². The zero-order valence-electron chi connectivity index (χ0n) is 26.2. The van der Waals surface area contributed by atoms with Gasteiger partial charge in [0.05, 0.1) is 11.9 Å². The number of benzene rings is 2. The summed E-state index contributed by atoms with van der Waals surface area (Å²) in [5.41, 5.74) is 2.40. The highest BCUT2D eigenvalue weighted by molar-refractivity contribution is 7.92. The molecule has 0 heterocycles. The van der Waals surface area contributed by atoms with E-state index in [1.807, 2.05) is 32.9 Å². The normalized spacial score (nSPS) is 24.8. The molecule has 4 saturated carbocycles. The second-order valence-electron chi connectivity index (χ2n) is 13.8. The van der Waals surface area contributed by atoms with E-state index in [-0.39, 0.29) is 23.8 Å². The van der Waals surface area contributed by atoms with E-state index in [2.05, 4.69) is 17.4 Å². The molecule has 6 rings (SSSR count). The molecule has 1 atom stereocenters. The fourth-order valence-corrected chi connectivity index (χ4v) is 9.62. The molecular formula is C34H45Cl2N3O4S. The summed E-state index contributed by atoms with van der Waals surface area (Å²) in [6.07, 6.45) is 9.13. The van der Waals surface area contributed by atoms with Crippen molar-refractivity contribution < 1.29 is 18.0 Å². The van der Waals surface area contributed by atoms with Gasteiger partial charge in [-0.25, -0.2) is 8.42 Å². The van der Waals surface area contributed by atoms with Gasteiger partial charge in [0.1, 0.15) is 12.6 Å². The van der Waals surface area contributed by atoms with Crippen LogP contribution in [0, 0.1) is 23.7 Å². The predicted molar refractivity (Wildman–Crippen MR) is 177 cm³/mol. The maximum absolute atomic E-state index is 14.1. The van der Waals surface area contributed by atoms with E-state index in [1.165, 1.54) is 49.0 Å². The van der Waals surface area contributed by atoms with Gasteiger partial charge in [0.15, 0.2) is 0 Å². The van der Waals surface area contributed by atoms with E-state index in [0.717, 1.165) is 28.3 Å². The maximum Gasteiger partial charge on any atom is 0.244 e. The highest BCUT2D eigenvalue weighted by Gasteiger charge is 2.51. The van der Waals surface area contributed by atoms with Crippen molar-refractivity contribution in [2.75, 3.05) is 23.7 Å². The van der Waals surface area contributed by atoms with Gasteiger partial charge in [-0.3, -0.25) is 13.9 Å². The van der Waals surface area contributed by atoms with Crippen LogP contribution in [0.25, 0.3) is 0 Å². The summed E-state index contributed by atoms with van der Waals surface area (Å²) in [4.78, 5) is 28.8. The first-order valence-corrected chi connectivity index (χ1v) is 18.5. The van der Waals surface area contributed by atoms with Gasteiger partial charge in [0.25, 0.3) is 0 Å². The van der Waals surface area contributed by atoms with E-state index < -0.39 is 28.5 Å². The molecule has 10 heteroatoms. The Kier molecular flexibility index (Phi) is 9.93. The van der Waals surface area contributed by atoms with E-state index in [9.17, 15) is 18.0 Å². The molecule has 4 bridgehead atoms. The highest BCUT2D eigenvalue weighted by atomic mass is 35.5. The Labute approximate surface area is 272 Å². The number of hydrogen-bond donors (Lipinski definition) is 1. The molecule has 2 aromatic rings. The molecule has 7 nitrogen and oxygen atoms in total. The summed E-state index contributed by atoms with van der Waals surface area (Å²) < 4.78 is 27.4. The average molecular weight is 663 g/mol. The molecule has 2 aromatic carbocycles. The van der Waals surface area contributed by atoms with Crippen LogP contribution in [0.15, 0.2) is 42.5 Å². The molecule has 1 N–H and O–H groups in total. The van der Waals surface area contributed by atoms with Gasteiger partial charge in [-0.1, -0.05) is 62.2 Å². The van der Waals surface area contributed by atoms with E-state index >= 15 is 0 Å². The lowest BCUT2D eigenvalue weighted by Gasteiger charge is -2.57. The first-order chi connectivity index (χ1) is 20.8. The molecule has 0 saturated heterocycles. The second-order valence-corrected chi connectivity index (χ2v) is 16.5. The Morgan fingerprint density at radius 1 is 0.955 bits per heavy atom. The Bertz CT molecular complexity index is 1420. The number of nitrogens with one attached hydrogen (secondary N) is 1. The van der Waals surface area contributed by atoms with Crippen molar-refractivity contribution >= 4 is 50.7 Å². The number of halogens is 2. The summed E-state index contributed by atoms with van der Waals surface area (Å²) in [6.45, 7) is 5.78. The number of sulfonamides is 1. The zero-order valence-corrected chi connectivity index (χ0v) is 28.5. The predicted octanol–water partition coefficient (Wildman–Crippen LogP) is 6.81. The lowest BCUT2D eigenvalue weighted by Crippen LogP contribution is -2.52. The van der Waals surface area contributed by atoms with E-state index in [1.54, 1.807) is 18.2 Å². The molecule has 0 unspecified atom stereocenters. The molecule has 4 aliphatic rings. The first kappa shape index (κ1) is 33.1. The number of anilines is 1. The zero-order chi connectivity index (χ0) is 31.8. The lowest BCUT2D eigenvalue weighted by molar-refractivity contribution is -0.140. The minimum Gasteiger partial charge on any atom is -0.354 e. The molecule has 0 aliphatic heterocycles. The lowest BCUT2D eigenvalue weighted by atomic mass is 9.48. The van der Waals surface area contributed by atoms with Crippen molar-refractivity contribution in [2.45, 2.75) is 83.7 Å². The Morgan fingerprint density at radius 2 is 1.50 bits per heavy atom. The molecule has 4 aliphatic carbocycles. The van der Waals surface area contributed by atoms with Gasteiger partial charge in [-0.15, -0.1) is 0 Å². The Hall–Kier alpha value is -2.29. The molecule has 44 heavy (non-hydrogen) atoms. The summed E-state index contributed by atoms with van der Waals surface area (Å²) in [5, 5.41) is 3.67. The van der Waals surface area contributed by atoms with Gasteiger partial charge >= 0.3 is 0 Å². The van der Waals surface area contributed by atoms with Gasteiger partial charge in [-0.05, 0) is 104 Å². The molecule has 4 fully saturated rings. The molecule has 0 aromatic heterocycles. The van der Waals surface area contributed by atoms with Crippen molar-refractivity contribution in [3.8, 4) is 0 Å². The van der Waals surface area contributed by atoms with Crippen LogP contribution in [-0.4, -0.2) is 50.5 Å². The van der Waals surface area contributed by atoms with Crippen LogP contribution in [0.5, 0.6) is 0 Å². The van der Waals surface area contributed by atoms with Crippen LogP contribution in [0.4, 0.5) is 5.69 Å². The SMILES string of the molecule is CC[C@@H](C(=O)NCC(C)C)N(Cc1c(Cl)cccc1Cl)C(=O)CN(c1ccc(C23CC4CC(CC(C4)C2)C3)cc1)S(C)(=O)=O. The van der Waals surface area contributed by atoms with Gasteiger partial charge in [-0.2, -0.15) is 0 Å². The molecule has 240 valence electrons. The van der Waals surface area contributed by atoms with Gasteiger partial charge in [0, 0.05) is 28.7 Å². The summed E-state index contributed by atoms with van der Waals surface area (Å²) in [7, 11) is -3.83. The maximum atomic E-state index is 14.1. The quantitative estimate of drug-likeness (QED) is 0.271. The molecule has 0 radical (unpaired) electrons. The van der Waals surface area contributed by atoms with Crippen LogP contribution in [0.3, 0.4) is 0 Å². The first-order valence-electron chi connectivity index (χ1n) is 15.9. The van der Waals surface area contributed by atoms with E-state index in [4.69, 9.17) is 23.2 Å². The summed E-state index contributed by atoms with van der Waals surface area (Å²) >= 11 is 13.0. The third-order valence-electron chi connectivity index (χ3n) is 9.95. The summed E-state index contributed by atoms with van der Waals surface area (Å²) in [6, 6.07) is 12.0. The number of nitrogens with zero attached hydrogens (tertiary/aromatic N) is 2. The van der Waals surface area contributed by atoms with Crippen molar-refractivity contribution in [3.63, 3.8) is 0 Å². The molecule has 0 spiro atoms. The van der Waals surface area contributed by atoms with Crippen LogP contribution in [0.2, 0.25) is 10.0 Å². The van der Waals surface area contributed by atoms with Gasteiger partial charge < -0.3 is 10.2 Å². The topological polar surface area (TPSA) is 86.8 Å². The van der Waals surface area contributed by atoms with Crippen LogP contribution in [0.1, 0.15) is 76.8 Å². The second kappa shape index (κ2) is 13.2.